The minimum atomic E-state index is -0.224. The van der Waals surface area contributed by atoms with Gasteiger partial charge in [0, 0.05) is 12.1 Å². The number of nitrogens with two attached hydrogens (primary N) is 1. The van der Waals surface area contributed by atoms with Crippen LogP contribution in [0.15, 0.2) is 18.2 Å². The molecule has 0 spiro atoms. The van der Waals surface area contributed by atoms with Crippen LogP contribution in [0.3, 0.4) is 0 Å². The number of hydrogen-bond donors (Lipinski definition) is 1. The van der Waals surface area contributed by atoms with Crippen LogP contribution in [0.1, 0.15) is 32.3 Å². The van der Waals surface area contributed by atoms with Crippen molar-refractivity contribution in [2.45, 2.75) is 45.8 Å². The Hall–Kier alpha value is -1.09. The standard InChI is InChI=1S/C15H22FNO/c1-9-6-11(3)15(14(17)7-9)18-12-5-4-10(2)13(16)8-12/h4-5,8-9,11,14-15H,6-7,17H2,1-3H3. The lowest BCUT2D eigenvalue weighted by Gasteiger charge is -2.37. The Morgan fingerprint density at radius 3 is 2.61 bits per heavy atom. The molecule has 1 aliphatic rings. The van der Waals surface area contributed by atoms with Gasteiger partial charge in [0.1, 0.15) is 17.7 Å². The largest absolute Gasteiger partial charge is 0.488 e. The number of aryl methyl sites for hydroxylation is 1. The van der Waals surface area contributed by atoms with Crippen molar-refractivity contribution < 1.29 is 9.13 Å². The maximum atomic E-state index is 13.5. The molecule has 0 heterocycles. The molecule has 4 unspecified atom stereocenters. The average molecular weight is 251 g/mol. The Morgan fingerprint density at radius 2 is 2.00 bits per heavy atom. The van der Waals surface area contributed by atoms with Crippen LogP contribution < -0.4 is 10.5 Å². The molecule has 1 fully saturated rings. The predicted molar refractivity (Wildman–Crippen MR) is 71.1 cm³/mol. The predicted octanol–water partition coefficient (Wildman–Crippen LogP) is 3.27. The van der Waals surface area contributed by atoms with E-state index in [0.717, 1.165) is 12.8 Å². The molecule has 2 N–H and O–H groups in total. The number of rotatable bonds is 2. The highest BCUT2D eigenvalue weighted by molar-refractivity contribution is 5.28. The van der Waals surface area contributed by atoms with Crippen molar-refractivity contribution in [2.75, 3.05) is 0 Å². The van der Waals surface area contributed by atoms with E-state index in [1.54, 1.807) is 13.0 Å². The van der Waals surface area contributed by atoms with E-state index in [0.29, 0.717) is 23.1 Å². The zero-order valence-corrected chi connectivity index (χ0v) is 11.3. The van der Waals surface area contributed by atoms with Crippen LogP contribution in [-0.4, -0.2) is 12.1 Å². The van der Waals surface area contributed by atoms with Gasteiger partial charge in [-0.1, -0.05) is 19.9 Å². The van der Waals surface area contributed by atoms with Crippen molar-refractivity contribution in [2.24, 2.45) is 17.6 Å². The third kappa shape index (κ3) is 2.83. The van der Waals surface area contributed by atoms with E-state index >= 15 is 0 Å². The second-order valence-electron chi connectivity index (χ2n) is 5.71. The molecule has 1 aromatic rings. The highest BCUT2D eigenvalue weighted by atomic mass is 19.1. The van der Waals surface area contributed by atoms with Gasteiger partial charge in [0.05, 0.1) is 0 Å². The Labute approximate surface area is 108 Å². The van der Waals surface area contributed by atoms with Gasteiger partial charge in [0.25, 0.3) is 0 Å². The zero-order chi connectivity index (χ0) is 13.3. The summed E-state index contributed by atoms with van der Waals surface area (Å²) >= 11 is 0. The van der Waals surface area contributed by atoms with Crippen LogP contribution in [0, 0.1) is 24.6 Å². The van der Waals surface area contributed by atoms with Gasteiger partial charge in [0.2, 0.25) is 0 Å². The SMILES string of the molecule is Cc1ccc(OC2C(C)CC(C)CC2N)cc1F. The summed E-state index contributed by atoms with van der Waals surface area (Å²) in [6.07, 6.45) is 2.08. The van der Waals surface area contributed by atoms with Crippen molar-refractivity contribution in [3.8, 4) is 5.75 Å². The molecule has 3 heteroatoms. The van der Waals surface area contributed by atoms with E-state index in [-0.39, 0.29) is 18.0 Å². The van der Waals surface area contributed by atoms with Crippen LogP contribution in [-0.2, 0) is 0 Å². The van der Waals surface area contributed by atoms with Crippen molar-refractivity contribution >= 4 is 0 Å². The molecule has 1 aliphatic carbocycles. The summed E-state index contributed by atoms with van der Waals surface area (Å²) in [5, 5.41) is 0. The van der Waals surface area contributed by atoms with Gasteiger partial charge in [-0.25, -0.2) is 4.39 Å². The van der Waals surface area contributed by atoms with E-state index in [1.165, 1.54) is 6.07 Å². The van der Waals surface area contributed by atoms with Crippen LogP contribution in [0.4, 0.5) is 4.39 Å². The summed E-state index contributed by atoms with van der Waals surface area (Å²) in [5.74, 6) is 1.41. The fourth-order valence-corrected chi connectivity index (χ4v) is 2.89. The first-order valence-corrected chi connectivity index (χ1v) is 6.65. The van der Waals surface area contributed by atoms with Gasteiger partial charge in [-0.15, -0.1) is 0 Å². The van der Waals surface area contributed by atoms with E-state index < -0.39 is 0 Å². The lowest BCUT2D eigenvalue weighted by atomic mass is 9.78. The lowest BCUT2D eigenvalue weighted by molar-refractivity contribution is 0.0623. The average Bonchev–Trinajstić information content (AvgIpc) is 2.28. The van der Waals surface area contributed by atoms with Gasteiger partial charge in [-0.05, 0) is 43.2 Å². The Morgan fingerprint density at radius 1 is 1.28 bits per heavy atom. The Balaban J connectivity index is 2.10. The van der Waals surface area contributed by atoms with Crippen LogP contribution >= 0.6 is 0 Å². The first-order chi connectivity index (χ1) is 8.47. The second-order valence-corrected chi connectivity index (χ2v) is 5.71. The molecule has 4 atom stereocenters. The normalized spacial score (nSPS) is 32.3. The minimum absolute atomic E-state index is 0.0108. The van der Waals surface area contributed by atoms with Gasteiger partial charge >= 0.3 is 0 Å². The molecular formula is C15H22FNO. The number of benzene rings is 1. The third-order valence-electron chi connectivity index (χ3n) is 3.85. The summed E-state index contributed by atoms with van der Waals surface area (Å²) in [7, 11) is 0. The molecule has 2 nitrogen and oxygen atoms in total. The molecule has 2 rings (SSSR count). The molecule has 0 bridgehead atoms. The van der Waals surface area contributed by atoms with Gasteiger partial charge in [0.15, 0.2) is 0 Å². The van der Waals surface area contributed by atoms with Gasteiger partial charge < -0.3 is 10.5 Å². The molecule has 1 aromatic carbocycles. The molecule has 1 saturated carbocycles. The first kappa shape index (κ1) is 13.3. The molecule has 0 aromatic heterocycles. The number of hydrogen-bond acceptors (Lipinski definition) is 2. The molecule has 100 valence electrons. The molecule has 18 heavy (non-hydrogen) atoms. The van der Waals surface area contributed by atoms with Crippen LogP contribution in [0.2, 0.25) is 0 Å². The van der Waals surface area contributed by atoms with Crippen LogP contribution in [0.25, 0.3) is 0 Å². The van der Waals surface area contributed by atoms with Crippen LogP contribution in [0.5, 0.6) is 5.75 Å². The first-order valence-electron chi connectivity index (χ1n) is 6.65. The highest BCUT2D eigenvalue weighted by Crippen LogP contribution is 2.31. The smallest absolute Gasteiger partial charge is 0.129 e. The monoisotopic (exact) mass is 251 g/mol. The van der Waals surface area contributed by atoms with Crippen molar-refractivity contribution in [3.63, 3.8) is 0 Å². The summed E-state index contributed by atoms with van der Waals surface area (Å²) < 4.78 is 19.4. The summed E-state index contributed by atoms with van der Waals surface area (Å²) in [6.45, 7) is 6.12. The van der Waals surface area contributed by atoms with E-state index in [9.17, 15) is 4.39 Å². The Bertz CT molecular complexity index is 409. The van der Waals surface area contributed by atoms with Gasteiger partial charge in [-0.3, -0.25) is 0 Å². The molecule has 0 saturated heterocycles. The fourth-order valence-electron chi connectivity index (χ4n) is 2.89. The minimum Gasteiger partial charge on any atom is -0.488 e. The maximum Gasteiger partial charge on any atom is 0.129 e. The third-order valence-corrected chi connectivity index (χ3v) is 3.85. The van der Waals surface area contributed by atoms with E-state index in [4.69, 9.17) is 10.5 Å². The molecular weight excluding hydrogens is 229 g/mol. The summed E-state index contributed by atoms with van der Waals surface area (Å²) in [6, 6.07) is 5.04. The topological polar surface area (TPSA) is 35.2 Å². The number of ether oxygens (including phenoxy) is 1. The summed E-state index contributed by atoms with van der Waals surface area (Å²) in [4.78, 5) is 0. The number of halogens is 1. The van der Waals surface area contributed by atoms with Gasteiger partial charge in [-0.2, -0.15) is 0 Å². The van der Waals surface area contributed by atoms with E-state index in [1.807, 2.05) is 6.07 Å². The lowest BCUT2D eigenvalue weighted by Crippen LogP contribution is -2.48. The second kappa shape index (κ2) is 5.27. The van der Waals surface area contributed by atoms with Crippen molar-refractivity contribution in [1.29, 1.82) is 0 Å². The maximum absolute atomic E-state index is 13.5. The Kier molecular flexibility index (Phi) is 3.91. The highest BCUT2D eigenvalue weighted by Gasteiger charge is 2.33. The fraction of sp³-hybridized carbons (Fsp3) is 0.600. The molecule has 0 radical (unpaired) electrons. The van der Waals surface area contributed by atoms with E-state index in [2.05, 4.69) is 13.8 Å². The quantitative estimate of drug-likeness (QED) is 0.875. The van der Waals surface area contributed by atoms with Crippen molar-refractivity contribution in [3.05, 3.63) is 29.6 Å². The zero-order valence-electron chi connectivity index (χ0n) is 11.3. The molecule has 0 amide bonds. The summed E-state index contributed by atoms with van der Waals surface area (Å²) in [5.41, 5.74) is 6.79. The molecule has 0 aliphatic heterocycles. The van der Waals surface area contributed by atoms with Crippen molar-refractivity contribution in [1.82, 2.24) is 0 Å².